The zero-order chi connectivity index (χ0) is 22.9. The smallest absolute Gasteiger partial charge is 0.266 e. The van der Waals surface area contributed by atoms with Crippen molar-refractivity contribution in [2.24, 2.45) is 5.10 Å². The molecule has 0 saturated heterocycles. The quantitative estimate of drug-likeness (QED) is 0.309. The summed E-state index contributed by atoms with van der Waals surface area (Å²) >= 11 is 1.02. The van der Waals surface area contributed by atoms with E-state index in [1.807, 2.05) is 37.3 Å². The minimum absolute atomic E-state index is 0.0474. The summed E-state index contributed by atoms with van der Waals surface area (Å²) in [4.78, 5) is 16.5. The first kappa shape index (κ1) is 21.7. The molecule has 4 aromatic rings. The molecule has 4 rings (SSSR count). The van der Waals surface area contributed by atoms with Crippen molar-refractivity contribution in [3.8, 4) is 16.4 Å². The van der Waals surface area contributed by atoms with Crippen molar-refractivity contribution in [3.05, 3.63) is 65.3 Å². The minimum atomic E-state index is -4.62. The van der Waals surface area contributed by atoms with Crippen molar-refractivity contribution in [1.82, 2.24) is 20.2 Å². The van der Waals surface area contributed by atoms with Gasteiger partial charge in [-0.1, -0.05) is 43.3 Å². The molecule has 0 aliphatic heterocycles. The number of aromatic nitrogens is 3. The van der Waals surface area contributed by atoms with Gasteiger partial charge in [0, 0.05) is 16.7 Å². The van der Waals surface area contributed by atoms with Crippen LogP contribution in [-0.4, -0.2) is 26.4 Å². The molecule has 1 amide bonds. The monoisotopic (exact) mass is 457 g/mol. The molecular formula is C22H18F3N5OS. The molecule has 0 spiro atoms. The van der Waals surface area contributed by atoms with E-state index in [4.69, 9.17) is 0 Å². The fourth-order valence-electron chi connectivity index (χ4n) is 2.97. The van der Waals surface area contributed by atoms with Crippen molar-refractivity contribution in [2.45, 2.75) is 26.4 Å². The number of halogens is 3. The molecule has 0 saturated carbocycles. The molecule has 0 bridgehead atoms. The minimum Gasteiger partial charge on any atom is -0.266 e. The molecule has 2 aromatic heterocycles. The molecule has 2 aromatic carbocycles. The summed E-state index contributed by atoms with van der Waals surface area (Å²) < 4.78 is 41.4. The van der Waals surface area contributed by atoms with E-state index in [1.165, 1.54) is 5.38 Å². The Morgan fingerprint density at radius 3 is 2.62 bits per heavy atom. The summed E-state index contributed by atoms with van der Waals surface area (Å²) in [6.45, 7) is 3.67. The number of thiazole rings is 1. The number of hydrazone groups is 1. The highest BCUT2D eigenvalue weighted by atomic mass is 32.1. The molecule has 2 heterocycles. The molecule has 32 heavy (non-hydrogen) atoms. The van der Waals surface area contributed by atoms with Gasteiger partial charge in [0.05, 0.1) is 5.69 Å². The number of hydrogen-bond acceptors (Lipinski definition) is 5. The molecule has 0 radical (unpaired) electrons. The Kier molecular flexibility index (Phi) is 5.79. The van der Waals surface area contributed by atoms with Crippen LogP contribution in [0.5, 0.6) is 0 Å². The van der Waals surface area contributed by atoms with Gasteiger partial charge in [-0.25, -0.2) is 15.1 Å². The lowest BCUT2D eigenvalue weighted by molar-refractivity contribution is -0.141. The van der Waals surface area contributed by atoms with Gasteiger partial charge in [-0.05, 0) is 36.2 Å². The zero-order valence-corrected chi connectivity index (χ0v) is 18.0. The van der Waals surface area contributed by atoms with Crippen molar-refractivity contribution in [3.63, 3.8) is 0 Å². The van der Waals surface area contributed by atoms with Crippen LogP contribution < -0.4 is 5.43 Å². The normalized spacial score (nSPS) is 12.3. The predicted molar refractivity (Wildman–Crippen MR) is 118 cm³/mol. The van der Waals surface area contributed by atoms with Gasteiger partial charge in [-0.2, -0.15) is 23.4 Å². The summed E-state index contributed by atoms with van der Waals surface area (Å²) in [5.41, 5.74) is 2.91. The van der Waals surface area contributed by atoms with Crippen molar-refractivity contribution >= 4 is 33.7 Å². The number of hydrogen-bond donors (Lipinski definition) is 1. The zero-order valence-electron chi connectivity index (χ0n) is 17.1. The Hall–Kier alpha value is -3.53. The van der Waals surface area contributed by atoms with E-state index in [0.717, 1.165) is 38.6 Å². The van der Waals surface area contributed by atoms with Gasteiger partial charge < -0.3 is 0 Å². The highest BCUT2D eigenvalue weighted by Crippen LogP contribution is 2.34. The highest BCUT2D eigenvalue weighted by Gasteiger charge is 2.35. The number of amides is 1. The summed E-state index contributed by atoms with van der Waals surface area (Å²) in [6.07, 6.45) is -3.95. The Bertz CT molecular complexity index is 1320. The third kappa shape index (κ3) is 4.40. The van der Waals surface area contributed by atoms with Crippen LogP contribution in [-0.2, 0) is 6.18 Å². The van der Waals surface area contributed by atoms with Crippen LogP contribution in [0.25, 0.3) is 27.2 Å². The Balaban J connectivity index is 1.76. The highest BCUT2D eigenvalue weighted by molar-refractivity contribution is 7.12. The largest absolute Gasteiger partial charge is 0.435 e. The molecule has 0 fully saturated rings. The van der Waals surface area contributed by atoms with Crippen LogP contribution in [0.4, 0.5) is 13.2 Å². The molecule has 0 aliphatic carbocycles. The lowest BCUT2D eigenvalue weighted by Gasteiger charge is -2.06. The number of benzene rings is 2. The van der Waals surface area contributed by atoms with Crippen LogP contribution in [0.3, 0.4) is 0 Å². The second-order valence-electron chi connectivity index (χ2n) is 7.04. The Labute approximate surface area is 185 Å². The predicted octanol–water partition coefficient (Wildman–Crippen LogP) is 5.68. The first-order chi connectivity index (χ1) is 15.3. The van der Waals surface area contributed by atoms with Crippen molar-refractivity contribution in [1.29, 1.82) is 0 Å². The van der Waals surface area contributed by atoms with Gasteiger partial charge in [0.25, 0.3) is 5.91 Å². The van der Waals surface area contributed by atoms with Gasteiger partial charge in [0.1, 0.15) is 5.69 Å². The summed E-state index contributed by atoms with van der Waals surface area (Å²) in [5.74, 6) is -0.546. The van der Waals surface area contributed by atoms with E-state index in [-0.39, 0.29) is 16.5 Å². The molecular weight excluding hydrogens is 439 g/mol. The Morgan fingerprint density at radius 2 is 1.91 bits per heavy atom. The van der Waals surface area contributed by atoms with Gasteiger partial charge in [0.15, 0.2) is 5.69 Å². The summed E-state index contributed by atoms with van der Waals surface area (Å²) in [6, 6.07) is 13.9. The van der Waals surface area contributed by atoms with Gasteiger partial charge in [-0.15, -0.1) is 11.3 Å². The molecule has 0 atom stereocenters. The second-order valence-corrected chi connectivity index (χ2v) is 7.88. The van der Waals surface area contributed by atoms with Crippen LogP contribution >= 0.6 is 11.3 Å². The third-order valence-corrected chi connectivity index (χ3v) is 5.63. The number of alkyl halides is 3. The fourth-order valence-corrected chi connectivity index (χ4v) is 3.73. The standard InChI is InChI=1S/C22H18F3N5OS/c1-3-13(2)27-28-20(31)17-12-32-21(26-17)30-18(11-19(29-30)22(23,24)25)16-9-8-14-6-4-5-7-15(14)10-16/h4-12H,3H2,1-2H3,(H,28,31)/b27-13-. The first-order valence-corrected chi connectivity index (χ1v) is 10.6. The van der Waals surface area contributed by atoms with Gasteiger partial charge in [0.2, 0.25) is 5.13 Å². The SMILES string of the molecule is CC/C(C)=N\NC(=O)c1csc(-n2nc(C(F)(F)F)cc2-c2ccc3ccccc3c2)n1. The van der Waals surface area contributed by atoms with Crippen molar-refractivity contribution in [2.75, 3.05) is 0 Å². The van der Waals surface area contributed by atoms with Crippen LogP contribution in [0.2, 0.25) is 0 Å². The van der Waals surface area contributed by atoms with E-state index in [0.29, 0.717) is 12.0 Å². The third-order valence-electron chi connectivity index (χ3n) is 4.81. The number of carbonyl (C=O) groups is 1. The molecule has 6 nitrogen and oxygen atoms in total. The lowest BCUT2D eigenvalue weighted by atomic mass is 10.0. The van der Waals surface area contributed by atoms with Gasteiger partial charge in [-0.3, -0.25) is 4.79 Å². The van der Waals surface area contributed by atoms with Crippen LogP contribution in [0, 0.1) is 0 Å². The van der Waals surface area contributed by atoms with E-state index in [2.05, 4.69) is 20.6 Å². The maximum Gasteiger partial charge on any atom is 0.435 e. The van der Waals surface area contributed by atoms with Crippen LogP contribution in [0.15, 0.2) is 59.0 Å². The number of nitrogens with zero attached hydrogens (tertiary/aromatic N) is 4. The number of fused-ring (bicyclic) bond motifs is 1. The van der Waals surface area contributed by atoms with E-state index < -0.39 is 17.8 Å². The molecule has 1 N–H and O–H groups in total. The summed E-state index contributed by atoms with van der Waals surface area (Å²) in [5, 5.41) is 11.1. The maximum atomic E-state index is 13.4. The number of nitrogens with one attached hydrogen (secondary N) is 1. The van der Waals surface area contributed by atoms with Crippen molar-refractivity contribution < 1.29 is 18.0 Å². The first-order valence-electron chi connectivity index (χ1n) is 9.72. The van der Waals surface area contributed by atoms with Gasteiger partial charge >= 0.3 is 6.18 Å². The number of rotatable bonds is 5. The molecule has 164 valence electrons. The molecule has 0 aliphatic rings. The Morgan fingerprint density at radius 1 is 1.16 bits per heavy atom. The lowest BCUT2D eigenvalue weighted by Crippen LogP contribution is -2.19. The summed E-state index contributed by atoms with van der Waals surface area (Å²) in [7, 11) is 0. The van der Waals surface area contributed by atoms with E-state index in [1.54, 1.807) is 19.1 Å². The topological polar surface area (TPSA) is 72.2 Å². The molecule has 0 unspecified atom stereocenters. The fraction of sp³-hybridized carbons (Fsp3) is 0.182. The van der Waals surface area contributed by atoms with E-state index in [9.17, 15) is 18.0 Å². The number of carbonyl (C=O) groups excluding carboxylic acids is 1. The second kappa shape index (κ2) is 8.54. The maximum absolute atomic E-state index is 13.4. The average Bonchev–Trinajstić information content (AvgIpc) is 3.44. The van der Waals surface area contributed by atoms with E-state index >= 15 is 0 Å². The van der Waals surface area contributed by atoms with Crippen LogP contribution in [0.1, 0.15) is 36.5 Å². The molecule has 10 heteroatoms. The average molecular weight is 457 g/mol.